The van der Waals surface area contributed by atoms with E-state index in [0.717, 1.165) is 21.2 Å². The van der Waals surface area contributed by atoms with Crippen LogP contribution in [0.4, 0.5) is 27.5 Å². The molecule has 5 N–H and O–H groups in total. The number of rotatable bonds is 6. The third-order valence-electron chi connectivity index (χ3n) is 13.4. The van der Waals surface area contributed by atoms with Crippen LogP contribution in [0, 0.1) is 29.6 Å². The lowest BCUT2D eigenvalue weighted by molar-refractivity contribution is -0.239. The molecule has 5 rings (SSSR count). The predicted molar refractivity (Wildman–Crippen MR) is 231 cm³/mol. The van der Waals surface area contributed by atoms with E-state index in [-0.39, 0.29) is 19.3 Å². The van der Waals surface area contributed by atoms with Gasteiger partial charge < -0.3 is 49.6 Å². The molecular weight excluding hydrogens is 791 g/mol. The maximum Gasteiger partial charge on any atom is 0.419 e. The van der Waals surface area contributed by atoms with E-state index in [1.165, 1.54) is 44.5 Å². The Morgan fingerprint density at radius 2 is 1.57 bits per heavy atom. The van der Waals surface area contributed by atoms with E-state index in [0.29, 0.717) is 11.4 Å². The number of carbonyl (C=O) groups is 3. The molecule has 14 nitrogen and oxygen atoms in total. The number of hydrogen-bond acceptors (Lipinski definition) is 14. The predicted octanol–water partition coefficient (Wildman–Crippen LogP) is 6.16. The summed E-state index contributed by atoms with van der Waals surface area (Å²) in [6, 6.07) is 11.4. The highest BCUT2D eigenvalue weighted by atomic mass is 32.2. The summed E-state index contributed by atoms with van der Waals surface area (Å²) in [7, 11) is 7.18. The number of hydrogen-bond donors (Lipinski definition) is 5. The van der Waals surface area contributed by atoms with E-state index >= 15 is 4.79 Å². The van der Waals surface area contributed by atoms with Gasteiger partial charge in [-0.1, -0.05) is 46.4 Å². The van der Waals surface area contributed by atoms with Gasteiger partial charge in [0, 0.05) is 79.5 Å². The Kier molecular flexibility index (Phi) is 14.4. The molecule has 0 spiro atoms. The van der Waals surface area contributed by atoms with Gasteiger partial charge in [-0.3, -0.25) is 9.59 Å². The smallest absolute Gasteiger partial charge is 0.419 e. The fourth-order valence-electron chi connectivity index (χ4n) is 9.71. The van der Waals surface area contributed by atoms with Gasteiger partial charge in [-0.25, -0.2) is 9.69 Å². The van der Waals surface area contributed by atoms with Gasteiger partial charge in [-0.15, -0.1) is 0 Å². The first-order valence-electron chi connectivity index (χ1n) is 21.0. The Hall–Kier alpha value is -3.44. The van der Waals surface area contributed by atoms with Gasteiger partial charge in [-0.05, 0) is 76.9 Å². The lowest BCUT2D eigenvalue weighted by atomic mass is 9.68. The fourth-order valence-corrected chi connectivity index (χ4v) is 10.8. The van der Waals surface area contributed by atoms with Crippen molar-refractivity contribution in [2.24, 2.45) is 29.6 Å². The number of anilines is 4. The summed E-state index contributed by atoms with van der Waals surface area (Å²) in [5, 5.41) is 50.4. The molecule has 0 bridgehead atoms. The molecule has 0 radical (unpaired) electrons. The first-order valence-corrected chi connectivity index (χ1v) is 21.8. The number of Topliss-reactive ketones (excluding diaryl/α,β-unsaturated/α-hetero) is 1. The average molecular weight is 858 g/mol. The van der Waals surface area contributed by atoms with E-state index in [1.807, 2.05) is 62.4 Å². The van der Waals surface area contributed by atoms with Gasteiger partial charge in [0.05, 0.1) is 46.8 Å². The van der Waals surface area contributed by atoms with Gasteiger partial charge in [0.1, 0.15) is 29.7 Å². The minimum absolute atomic E-state index is 0.122. The highest BCUT2D eigenvalue weighted by molar-refractivity contribution is 7.99. The van der Waals surface area contributed by atoms with Crippen molar-refractivity contribution >= 4 is 52.4 Å². The Bertz CT molecular complexity index is 1890. The minimum Gasteiger partial charge on any atom is -0.459 e. The van der Waals surface area contributed by atoms with Gasteiger partial charge in [0.15, 0.2) is 0 Å². The number of benzene rings is 2. The number of methoxy groups -OCH3 is 1. The lowest BCUT2D eigenvalue weighted by Crippen LogP contribution is -2.61. The number of esters is 1. The van der Waals surface area contributed by atoms with E-state index in [4.69, 9.17) is 18.9 Å². The molecule has 2 unspecified atom stereocenters. The Morgan fingerprint density at radius 1 is 0.950 bits per heavy atom. The molecule has 15 heteroatoms. The fraction of sp³-hybridized carbons (Fsp3) is 0.667. The number of ketones is 1. The summed E-state index contributed by atoms with van der Waals surface area (Å²) >= 11 is 1.51. The van der Waals surface area contributed by atoms with Crippen LogP contribution in [-0.4, -0.2) is 120 Å². The molecule has 0 saturated carbocycles. The number of carbonyl (C=O) groups excluding carboxylic acids is 3. The van der Waals surface area contributed by atoms with Crippen LogP contribution in [0.5, 0.6) is 0 Å². The first-order chi connectivity index (χ1) is 27.9. The van der Waals surface area contributed by atoms with Crippen LogP contribution in [0.25, 0.3) is 0 Å². The molecule has 3 aliphatic heterocycles. The number of fused-ring (bicyclic) bond motifs is 2. The van der Waals surface area contributed by atoms with Gasteiger partial charge >= 0.3 is 12.1 Å². The van der Waals surface area contributed by atoms with Gasteiger partial charge in [-0.2, -0.15) is 0 Å². The average Bonchev–Trinajstić information content (AvgIpc) is 3.20. The summed E-state index contributed by atoms with van der Waals surface area (Å²) in [6.45, 7) is 14.6. The van der Waals surface area contributed by atoms with Gasteiger partial charge in [0.2, 0.25) is 0 Å². The second kappa shape index (κ2) is 18.1. The van der Waals surface area contributed by atoms with Crippen molar-refractivity contribution in [3.63, 3.8) is 0 Å². The van der Waals surface area contributed by atoms with Crippen molar-refractivity contribution in [2.75, 3.05) is 43.4 Å². The molecule has 3 aliphatic rings. The zero-order valence-electron chi connectivity index (χ0n) is 37.4. The molecule has 2 fully saturated rings. The Balaban J connectivity index is 1.69. The summed E-state index contributed by atoms with van der Waals surface area (Å²) in [5.74, 6) is -5.90. The minimum atomic E-state index is -2.01. The molecule has 0 aliphatic carbocycles. The van der Waals surface area contributed by atoms with Crippen LogP contribution in [0.2, 0.25) is 0 Å². The van der Waals surface area contributed by atoms with Crippen LogP contribution < -0.4 is 15.1 Å². The first kappa shape index (κ1) is 47.6. The van der Waals surface area contributed by atoms with Crippen LogP contribution in [0.15, 0.2) is 46.2 Å². The SMILES string of the molecule is CC[C@H]1OC(=O)[C@H](C)C(C2C[C@@](C)(OC)[C@@H](O)[C@H](C)O2)[C@H](C)[C@@H](OC(=O)N2c3ccc(NC)cc3Sc3cc(N(C)C)ccc32)[C@](C)(O)C[C@@H](C)C(=O)[C@H](C)[C@@H](O)[C@]1(C)O. The molecule has 1 amide bonds. The monoisotopic (exact) mass is 857 g/mol. The van der Waals surface area contributed by atoms with Crippen molar-refractivity contribution in [3.8, 4) is 0 Å². The number of amides is 1. The Morgan fingerprint density at radius 3 is 2.15 bits per heavy atom. The van der Waals surface area contributed by atoms with Crippen molar-refractivity contribution in [3.05, 3.63) is 36.4 Å². The van der Waals surface area contributed by atoms with Crippen LogP contribution >= 0.6 is 11.8 Å². The summed E-state index contributed by atoms with van der Waals surface area (Å²) in [4.78, 5) is 48.7. The van der Waals surface area contributed by atoms with Crippen LogP contribution in [-0.2, 0) is 28.5 Å². The molecule has 3 heterocycles. The standard InChI is InChI=1S/C45H67N3O11S/c1-14-35-45(9,55)38(50)26(5)37(49)23(2)21-43(7,54)40(24(3)36(25(4)41(52)58-35)32-22-44(8,56-13)39(51)27(6)57-32)59-42(53)48-30-17-15-28(46-10)19-33(30)60-34-20-29(47(11)12)16-18-31(34)48/h15-20,23-27,32,35-36,38-40,46,50-51,54-55H,14,21-22H2,1-13H3/t23-,24+,25-,26+,27+,32?,35-,36?,38-,39+,40-,43-,44-,45-/m1/s1. The maximum atomic E-state index is 15.1. The number of aliphatic hydroxyl groups excluding tert-OH is 2. The molecule has 60 heavy (non-hydrogen) atoms. The van der Waals surface area contributed by atoms with Crippen molar-refractivity contribution in [1.29, 1.82) is 0 Å². The van der Waals surface area contributed by atoms with Crippen molar-refractivity contribution in [2.45, 2.75) is 145 Å². The summed E-state index contributed by atoms with van der Waals surface area (Å²) in [5.41, 5.74) is -2.14. The zero-order chi connectivity index (χ0) is 44.8. The van der Waals surface area contributed by atoms with Crippen molar-refractivity contribution < 1.29 is 53.8 Å². The van der Waals surface area contributed by atoms with E-state index < -0.39 is 101 Å². The normalized spacial score (nSPS) is 37.9. The molecule has 14 atom stereocenters. The maximum absolute atomic E-state index is 15.1. The number of cyclic esters (lactones) is 1. The largest absolute Gasteiger partial charge is 0.459 e. The molecule has 0 aromatic heterocycles. The zero-order valence-corrected chi connectivity index (χ0v) is 38.2. The molecular formula is C45H67N3O11S. The van der Waals surface area contributed by atoms with Crippen LogP contribution in [0.3, 0.4) is 0 Å². The van der Waals surface area contributed by atoms with Gasteiger partial charge in [0.25, 0.3) is 0 Å². The van der Waals surface area contributed by atoms with E-state index in [1.54, 1.807) is 41.5 Å². The number of aliphatic hydroxyl groups is 4. The lowest BCUT2D eigenvalue weighted by Gasteiger charge is -2.50. The molecule has 334 valence electrons. The van der Waals surface area contributed by atoms with Crippen LogP contribution in [0.1, 0.15) is 81.6 Å². The number of nitrogens with one attached hydrogen (secondary N) is 1. The third-order valence-corrected chi connectivity index (χ3v) is 14.5. The molecule has 2 aromatic rings. The summed E-state index contributed by atoms with van der Waals surface area (Å²) in [6.07, 6.45) is -7.51. The number of ether oxygens (including phenoxy) is 4. The molecule has 2 aromatic carbocycles. The second-order valence-electron chi connectivity index (χ2n) is 18.1. The Labute approximate surface area is 359 Å². The highest BCUT2D eigenvalue weighted by Crippen LogP contribution is 2.51. The highest BCUT2D eigenvalue weighted by Gasteiger charge is 2.55. The third kappa shape index (κ3) is 9.04. The second-order valence-corrected chi connectivity index (χ2v) is 19.2. The molecule has 2 saturated heterocycles. The van der Waals surface area contributed by atoms with Crippen molar-refractivity contribution in [1.82, 2.24) is 0 Å². The number of nitrogens with zero attached hydrogens (tertiary/aromatic N) is 2. The quantitative estimate of drug-likeness (QED) is 0.208. The topological polar surface area (TPSA) is 188 Å². The van der Waals surface area contributed by atoms with E-state index in [2.05, 4.69) is 5.32 Å². The van der Waals surface area contributed by atoms with E-state index in [9.17, 15) is 30.0 Å². The summed E-state index contributed by atoms with van der Waals surface area (Å²) < 4.78 is 25.1.